The minimum Gasteiger partial charge on any atom is -0.299 e. The van der Waals surface area contributed by atoms with Crippen LogP contribution in [0.2, 0.25) is 0 Å². The van der Waals surface area contributed by atoms with E-state index in [1.807, 2.05) is 30.3 Å². The lowest BCUT2D eigenvalue weighted by Crippen LogP contribution is -2.30. The standard InChI is InChI=1S/C14H16N6S/c15-10-12(16-11-6-7-11)8-9-21-14-17-18-19-20(14)13-4-2-1-3-5-13/h1-5,11-12,16H,6-9H2. The Morgan fingerprint density at radius 2 is 2.19 bits per heavy atom. The lowest BCUT2D eigenvalue weighted by atomic mass is 10.2. The fourth-order valence-electron chi connectivity index (χ4n) is 1.99. The van der Waals surface area contributed by atoms with Gasteiger partial charge in [0.25, 0.3) is 0 Å². The number of nitrogens with zero attached hydrogens (tertiary/aromatic N) is 5. The predicted octanol–water partition coefficient (Wildman–Crippen LogP) is 1.79. The van der Waals surface area contributed by atoms with Crippen LogP contribution in [0.5, 0.6) is 0 Å². The fraction of sp³-hybridized carbons (Fsp3) is 0.429. The van der Waals surface area contributed by atoms with E-state index in [2.05, 4.69) is 26.9 Å². The van der Waals surface area contributed by atoms with Gasteiger partial charge in [-0.15, -0.1) is 5.10 Å². The Kier molecular flexibility index (Phi) is 4.48. The van der Waals surface area contributed by atoms with Crippen LogP contribution in [0, 0.1) is 11.3 Å². The summed E-state index contributed by atoms with van der Waals surface area (Å²) in [7, 11) is 0. The molecule has 108 valence electrons. The second kappa shape index (κ2) is 6.70. The molecule has 1 aliphatic carbocycles. The number of hydrogen-bond donors (Lipinski definition) is 1. The molecular weight excluding hydrogens is 284 g/mol. The number of thioether (sulfide) groups is 1. The van der Waals surface area contributed by atoms with E-state index >= 15 is 0 Å². The van der Waals surface area contributed by atoms with Crippen molar-refractivity contribution in [2.24, 2.45) is 0 Å². The molecule has 7 heteroatoms. The van der Waals surface area contributed by atoms with Gasteiger partial charge in [-0.3, -0.25) is 5.32 Å². The Morgan fingerprint density at radius 1 is 1.38 bits per heavy atom. The average Bonchev–Trinajstić information content (AvgIpc) is 3.22. The van der Waals surface area contributed by atoms with Crippen LogP contribution in [0.1, 0.15) is 19.3 Å². The fourth-order valence-corrected chi connectivity index (χ4v) is 2.88. The normalized spacial score (nSPS) is 15.6. The maximum absolute atomic E-state index is 9.13. The minimum atomic E-state index is -0.0777. The van der Waals surface area contributed by atoms with Crippen LogP contribution in [0.3, 0.4) is 0 Å². The summed E-state index contributed by atoms with van der Waals surface area (Å²) in [6.45, 7) is 0. The third-order valence-corrected chi connectivity index (χ3v) is 4.20. The van der Waals surface area contributed by atoms with Crippen molar-refractivity contribution in [1.29, 1.82) is 5.26 Å². The first-order valence-corrected chi connectivity index (χ1v) is 7.97. The summed E-state index contributed by atoms with van der Waals surface area (Å²) in [4.78, 5) is 0. The van der Waals surface area contributed by atoms with Crippen LogP contribution in [-0.4, -0.2) is 38.0 Å². The minimum absolute atomic E-state index is 0.0777. The zero-order valence-electron chi connectivity index (χ0n) is 11.5. The molecule has 0 amide bonds. The highest BCUT2D eigenvalue weighted by Gasteiger charge is 2.24. The van der Waals surface area contributed by atoms with E-state index in [1.165, 1.54) is 12.8 Å². The third kappa shape index (κ3) is 3.80. The zero-order chi connectivity index (χ0) is 14.5. The number of benzene rings is 1. The molecule has 0 radical (unpaired) electrons. The molecule has 1 unspecified atom stereocenters. The highest BCUT2D eigenvalue weighted by Crippen LogP contribution is 2.22. The van der Waals surface area contributed by atoms with Crippen LogP contribution in [0.25, 0.3) is 5.69 Å². The van der Waals surface area contributed by atoms with Crippen LogP contribution in [0.4, 0.5) is 0 Å². The van der Waals surface area contributed by atoms with Gasteiger partial charge < -0.3 is 0 Å². The van der Waals surface area contributed by atoms with E-state index in [0.29, 0.717) is 6.04 Å². The number of aromatic nitrogens is 4. The maximum atomic E-state index is 9.13. The molecule has 1 atom stereocenters. The second-order valence-electron chi connectivity index (χ2n) is 4.97. The highest BCUT2D eigenvalue weighted by atomic mass is 32.2. The first-order valence-electron chi connectivity index (χ1n) is 6.99. The van der Waals surface area contributed by atoms with E-state index in [9.17, 15) is 0 Å². The molecule has 6 nitrogen and oxygen atoms in total. The van der Waals surface area contributed by atoms with E-state index < -0.39 is 0 Å². The first kappa shape index (κ1) is 14.0. The van der Waals surface area contributed by atoms with E-state index in [4.69, 9.17) is 5.26 Å². The van der Waals surface area contributed by atoms with Crippen molar-refractivity contribution in [1.82, 2.24) is 25.5 Å². The van der Waals surface area contributed by atoms with Gasteiger partial charge in [0.05, 0.1) is 17.8 Å². The van der Waals surface area contributed by atoms with E-state index in [-0.39, 0.29) is 6.04 Å². The van der Waals surface area contributed by atoms with Gasteiger partial charge in [-0.1, -0.05) is 30.0 Å². The van der Waals surface area contributed by atoms with E-state index in [1.54, 1.807) is 16.4 Å². The van der Waals surface area contributed by atoms with Gasteiger partial charge in [0.15, 0.2) is 0 Å². The number of rotatable bonds is 7. The molecule has 0 aliphatic heterocycles. The van der Waals surface area contributed by atoms with Gasteiger partial charge in [0, 0.05) is 11.8 Å². The van der Waals surface area contributed by atoms with Crippen LogP contribution >= 0.6 is 11.8 Å². The summed E-state index contributed by atoms with van der Waals surface area (Å²) in [6, 6.07) is 12.6. The van der Waals surface area contributed by atoms with Crippen molar-refractivity contribution in [3.05, 3.63) is 30.3 Å². The van der Waals surface area contributed by atoms with Gasteiger partial charge in [0.2, 0.25) is 5.16 Å². The lowest BCUT2D eigenvalue weighted by Gasteiger charge is -2.09. The molecule has 1 N–H and O–H groups in total. The van der Waals surface area contributed by atoms with E-state index in [0.717, 1.165) is 23.0 Å². The molecule has 1 saturated carbocycles. The van der Waals surface area contributed by atoms with Crippen molar-refractivity contribution in [3.8, 4) is 11.8 Å². The Hall–Kier alpha value is -1.91. The number of hydrogen-bond acceptors (Lipinski definition) is 6. The van der Waals surface area contributed by atoms with Gasteiger partial charge in [0.1, 0.15) is 0 Å². The number of nitrogens with one attached hydrogen (secondary N) is 1. The number of nitriles is 1. The molecular formula is C14H16N6S. The first-order chi connectivity index (χ1) is 10.4. The second-order valence-corrected chi connectivity index (χ2v) is 6.03. The lowest BCUT2D eigenvalue weighted by molar-refractivity contribution is 0.586. The van der Waals surface area contributed by atoms with Gasteiger partial charge >= 0.3 is 0 Å². The number of para-hydroxylation sites is 1. The van der Waals surface area contributed by atoms with Crippen molar-refractivity contribution < 1.29 is 0 Å². The quantitative estimate of drug-likeness (QED) is 0.785. The molecule has 0 saturated heterocycles. The molecule has 3 rings (SSSR count). The van der Waals surface area contributed by atoms with Crippen LogP contribution < -0.4 is 5.32 Å². The number of tetrazole rings is 1. The van der Waals surface area contributed by atoms with Gasteiger partial charge in [-0.25, -0.2) is 0 Å². The molecule has 1 aliphatic rings. The Bertz CT molecular complexity index is 616. The molecule has 1 aromatic carbocycles. The Balaban J connectivity index is 1.56. The van der Waals surface area contributed by atoms with Gasteiger partial charge in [-0.05, 0) is 41.8 Å². The molecule has 1 fully saturated rings. The monoisotopic (exact) mass is 300 g/mol. The van der Waals surface area contributed by atoms with Gasteiger partial charge in [-0.2, -0.15) is 9.94 Å². The molecule has 1 heterocycles. The summed E-state index contributed by atoms with van der Waals surface area (Å²) >= 11 is 1.58. The average molecular weight is 300 g/mol. The largest absolute Gasteiger partial charge is 0.299 e. The van der Waals surface area contributed by atoms with Crippen LogP contribution in [0.15, 0.2) is 35.5 Å². The zero-order valence-corrected chi connectivity index (χ0v) is 12.3. The predicted molar refractivity (Wildman–Crippen MR) is 80.1 cm³/mol. The van der Waals surface area contributed by atoms with Crippen molar-refractivity contribution in [2.45, 2.75) is 36.5 Å². The summed E-state index contributed by atoms with van der Waals surface area (Å²) in [5.74, 6) is 0.811. The Morgan fingerprint density at radius 3 is 2.90 bits per heavy atom. The molecule has 0 bridgehead atoms. The maximum Gasteiger partial charge on any atom is 0.214 e. The molecule has 1 aromatic heterocycles. The molecule has 0 spiro atoms. The van der Waals surface area contributed by atoms with Crippen molar-refractivity contribution >= 4 is 11.8 Å². The summed E-state index contributed by atoms with van der Waals surface area (Å²) in [5.41, 5.74) is 0.943. The Labute approximate surface area is 127 Å². The summed E-state index contributed by atoms with van der Waals surface area (Å²) < 4.78 is 1.72. The van der Waals surface area contributed by atoms with Crippen molar-refractivity contribution in [2.75, 3.05) is 5.75 Å². The molecule has 21 heavy (non-hydrogen) atoms. The summed E-state index contributed by atoms with van der Waals surface area (Å²) in [6.07, 6.45) is 3.18. The van der Waals surface area contributed by atoms with Crippen LogP contribution in [-0.2, 0) is 0 Å². The summed E-state index contributed by atoms with van der Waals surface area (Å²) in [5, 5.41) is 25.0. The smallest absolute Gasteiger partial charge is 0.214 e. The third-order valence-electron chi connectivity index (χ3n) is 3.25. The topological polar surface area (TPSA) is 79.4 Å². The highest BCUT2D eigenvalue weighted by molar-refractivity contribution is 7.99. The molecule has 2 aromatic rings. The van der Waals surface area contributed by atoms with Crippen molar-refractivity contribution in [3.63, 3.8) is 0 Å². The SMILES string of the molecule is N#CC(CCSc1nnnn1-c1ccccc1)NC1CC1.